The molecule has 0 aliphatic heterocycles. The van der Waals surface area contributed by atoms with Gasteiger partial charge in [-0.05, 0) is 26.1 Å². The molecule has 0 fully saturated rings. The summed E-state index contributed by atoms with van der Waals surface area (Å²) in [6.07, 6.45) is 22.5. The summed E-state index contributed by atoms with van der Waals surface area (Å²) in [6.45, 7) is 9.52. The van der Waals surface area contributed by atoms with Gasteiger partial charge in [-0.15, -0.1) is 0 Å². The molecule has 0 bridgehead atoms. The van der Waals surface area contributed by atoms with Crippen LogP contribution in [0.15, 0.2) is 0 Å². The van der Waals surface area contributed by atoms with Crippen LogP contribution >= 0.6 is 0 Å². The molecule has 0 N–H and O–H groups in total. The monoisotopic (exact) mass is 358 g/mol. The van der Waals surface area contributed by atoms with Gasteiger partial charge in [0.05, 0.1) is 6.61 Å². The van der Waals surface area contributed by atoms with Crippen molar-refractivity contribution < 1.29 is 9.46 Å². The van der Waals surface area contributed by atoms with Gasteiger partial charge in [-0.1, -0.05) is 103 Å². The van der Waals surface area contributed by atoms with Crippen molar-refractivity contribution in [3.63, 3.8) is 0 Å². The minimum absolute atomic E-state index is 0.767. The predicted octanol–water partition coefficient (Wildman–Crippen LogP) is 8.03. The van der Waals surface area contributed by atoms with Gasteiger partial charge in [0.15, 0.2) is 0 Å². The molecule has 0 heterocycles. The average molecular weight is 359 g/mol. The van der Waals surface area contributed by atoms with E-state index in [4.69, 9.17) is 9.46 Å². The highest BCUT2D eigenvalue weighted by molar-refractivity contribution is 6.69. The first-order valence-electron chi connectivity index (χ1n) is 10.9. The van der Waals surface area contributed by atoms with Crippen LogP contribution in [0.4, 0.5) is 0 Å². The maximum atomic E-state index is 5.39. The molecule has 0 saturated heterocycles. The van der Waals surface area contributed by atoms with Crippen molar-refractivity contribution in [2.24, 2.45) is 0 Å². The number of unbranched alkanes of at least 4 members (excludes halogenated alkanes) is 15. The summed E-state index contributed by atoms with van der Waals surface area (Å²) < 4.78 is 5.39. The van der Waals surface area contributed by atoms with E-state index >= 15 is 0 Å². The van der Waals surface area contributed by atoms with Gasteiger partial charge in [-0.3, -0.25) is 4.58 Å². The first-order valence-corrected chi connectivity index (χ1v) is 14.3. The van der Waals surface area contributed by atoms with E-state index in [1.807, 2.05) is 0 Å². The van der Waals surface area contributed by atoms with Crippen LogP contribution in [0.5, 0.6) is 0 Å². The van der Waals surface area contributed by atoms with Crippen molar-refractivity contribution in [2.75, 3.05) is 6.61 Å². The van der Waals surface area contributed by atoms with E-state index in [0.29, 0.717) is 0 Å². The Labute approximate surface area is 154 Å². The van der Waals surface area contributed by atoms with Gasteiger partial charge in [0.2, 0.25) is 8.32 Å². The van der Waals surface area contributed by atoms with E-state index in [2.05, 4.69) is 26.6 Å². The zero-order chi connectivity index (χ0) is 17.9. The normalized spacial score (nSPS) is 12.0. The van der Waals surface area contributed by atoms with Crippen LogP contribution in [0.2, 0.25) is 19.6 Å². The second-order valence-corrected chi connectivity index (χ2v) is 12.7. The first-order chi connectivity index (χ1) is 11.6. The van der Waals surface area contributed by atoms with Crippen molar-refractivity contribution in [1.29, 1.82) is 0 Å². The zero-order valence-corrected chi connectivity index (χ0v) is 18.3. The molecule has 0 atom stereocenters. The summed E-state index contributed by atoms with van der Waals surface area (Å²) in [5.41, 5.74) is 0. The molecule has 0 aromatic carbocycles. The maximum absolute atomic E-state index is 5.39. The van der Waals surface area contributed by atoms with Crippen molar-refractivity contribution in [3.05, 3.63) is 0 Å². The molecule has 0 spiro atoms. The summed E-state index contributed by atoms with van der Waals surface area (Å²) in [4.78, 5) is 5.28. The van der Waals surface area contributed by atoms with E-state index in [0.717, 1.165) is 13.0 Å². The molecule has 3 heteroatoms. The van der Waals surface area contributed by atoms with Crippen molar-refractivity contribution >= 4 is 8.32 Å². The Balaban J connectivity index is 3.00. The van der Waals surface area contributed by atoms with Crippen molar-refractivity contribution in [2.45, 2.75) is 129 Å². The van der Waals surface area contributed by atoms with Gasteiger partial charge < -0.3 is 0 Å². The lowest BCUT2D eigenvalue weighted by atomic mass is 10.0. The van der Waals surface area contributed by atoms with Crippen LogP contribution in [0, 0.1) is 0 Å². The minimum Gasteiger partial charge on any atom is -0.287 e. The lowest BCUT2D eigenvalue weighted by Gasteiger charge is -2.15. The van der Waals surface area contributed by atoms with Gasteiger partial charge >= 0.3 is 0 Å². The van der Waals surface area contributed by atoms with E-state index < -0.39 is 8.32 Å². The van der Waals surface area contributed by atoms with Crippen molar-refractivity contribution in [1.82, 2.24) is 0 Å². The van der Waals surface area contributed by atoms with E-state index in [1.54, 1.807) is 0 Å². The Morgan fingerprint density at radius 1 is 0.500 bits per heavy atom. The van der Waals surface area contributed by atoms with Crippen LogP contribution in [-0.4, -0.2) is 14.9 Å². The van der Waals surface area contributed by atoms with Gasteiger partial charge in [0.1, 0.15) is 0 Å². The van der Waals surface area contributed by atoms with Gasteiger partial charge in [-0.2, -0.15) is 0 Å². The van der Waals surface area contributed by atoms with Crippen LogP contribution in [0.25, 0.3) is 0 Å². The van der Waals surface area contributed by atoms with Gasteiger partial charge in [-0.25, -0.2) is 4.89 Å². The fourth-order valence-electron chi connectivity index (χ4n) is 2.93. The Hall–Kier alpha value is 0.137. The predicted molar refractivity (Wildman–Crippen MR) is 110 cm³/mol. The molecule has 2 nitrogen and oxygen atoms in total. The van der Waals surface area contributed by atoms with E-state index in [1.165, 1.54) is 96.3 Å². The first kappa shape index (κ1) is 24.1. The number of hydrogen-bond acceptors (Lipinski definition) is 2. The fourth-order valence-corrected chi connectivity index (χ4v) is 3.36. The quantitative estimate of drug-likeness (QED) is 0.101. The van der Waals surface area contributed by atoms with Crippen LogP contribution in [0.3, 0.4) is 0 Å². The Morgan fingerprint density at radius 2 is 0.833 bits per heavy atom. The molecule has 0 aromatic rings. The summed E-state index contributed by atoms with van der Waals surface area (Å²) in [5, 5.41) is 0. The molecule has 146 valence electrons. The lowest BCUT2D eigenvalue weighted by molar-refractivity contribution is -0.218. The third-order valence-corrected chi connectivity index (χ3v) is 5.01. The minimum atomic E-state index is -1.49. The highest BCUT2D eigenvalue weighted by Gasteiger charge is 2.15. The number of hydrogen-bond donors (Lipinski definition) is 0. The maximum Gasteiger partial charge on any atom is 0.230 e. The molecule has 0 rings (SSSR count). The fraction of sp³-hybridized carbons (Fsp3) is 1.00. The summed E-state index contributed by atoms with van der Waals surface area (Å²) >= 11 is 0. The van der Waals surface area contributed by atoms with Crippen molar-refractivity contribution in [3.8, 4) is 0 Å². The smallest absolute Gasteiger partial charge is 0.230 e. The third-order valence-electron chi connectivity index (χ3n) is 4.39. The van der Waals surface area contributed by atoms with Crippen LogP contribution < -0.4 is 0 Å². The Kier molecular flexibility index (Phi) is 18.0. The molecule has 0 amide bonds. The zero-order valence-electron chi connectivity index (χ0n) is 17.3. The highest BCUT2D eigenvalue weighted by atomic mass is 28.4. The Morgan fingerprint density at radius 3 is 1.17 bits per heavy atom. The number of rotatable bonds is 19. The summed E-state index contributed by atoms with van der Waals surface area (Å²) in [6, 6.07) is 0. The molecule has 0 saturated carbocycles. The molecular weight excluding hydrogens is 312 g/mol. The SMILES string of the molecule is CCCCCCCCCCCCCCCCCCOO[Si](C)(C)C. The topological polar surface area (TPSA) is 18.5 Å². The highest BCUT2D eigenvalue weighted by Crippen LogP contribution is 2.13. The third kappa shape index (κ3) is 22.1. The van der Waals surface area contributed by atoms with Crippen LogP contribution in [-0.2, 0) is 9.46 Å². The standard InChI is InChI=1S/C21H46O2Si/c1-5-6-7-8-9-10-11-12-13-14-15-16-17-18-19-20-21-22-23-24(2,3)4/h5-21H2,1-4H3. The lowest BCUT2D eigenvalue weighted by Crippen LogP contribution is -2.25. The van der Waals surface area contributed by atoms with E-state index in [-0.39, 0.29) is 0 Å². The molecule has 0 aromatic heterocycles. The van der Waals surface area contributed by atoms with E-state index in [9.17, 15) is 0 Å². The van der Waals surface area contributed by atoms with Gasteiger partial charge in [0.25, 0.3) is 0 Å². The van der Waals surface area contributed by atoms with Crippen LogP contribution in [0.1, 0.15) is 110 Å². The van der Waals surface area contributed by atoms with Gasteiger partial charge in [0, 0.05) is 0 Å². The summed E-state index contributed by atoms with van der Waals surface area (Å²) in [5.74, 6) is 0. The largest absolute Gasteiger partial charge is 0.287 e. The molecular formula is C21H46O2Si. The molecule has 0 radical (unpaired) electrons. The second kappa shape index (κ2) is 17.9. The molecule has 0 unspecified atom stereocenters. The molecule has 24 heavy (non-hydrogen) atoms. The average Bonchev–Trinajstić information content (AvgIpc) is 2.52. The second-order valence-electron chi connectivity index (χ2n) is 8.32. The Bertz CT molecular complexity index is 238. The molecule has 0 aliphatic carbocycles. The molecule has 0 aliphatic rings. The summed E-state index contributed by atoms with van der Waals surface area (Å²) in [7, 11) is -1.49.